The lowest BCUT2D eigenvalue weighted by molar-refractivity contribution is -0.161. The van der Waals surface area contributed by atoms with Gasteiger partial charge in [-0.1, -0.05) is 146 Å². The van der Waals surface area contributed by atoms with Gasteiger partial charge in [0.2, 0.25) is 0 Å². The van der Waals surface area contributed by atoms with Crippen LogP contribution in [-0.4, -0.2) is 52.3 Å². The zero-order valence-corrected chi connectivity index (χ0v) is 31.5. The zero-order valence-electron chi connectivity index (χ0n) is 30.6. The molecular formula is C39H67O9P. The first-order valence-electron chi connectivity index (χ1n) is 18.5. The molecule has 0 aromatic rings. The zero-order chi connectivity index (χ0) is 36.4. The van der Waals surface area contributed by atoms with E-state index in [1.807, 2.05) is 12.2 Å². The molecule has 0 radical (unpaired) electrons. The smallest absolute Gasteiger partial charge is 0.462 e. The van der Waals surface area contributed by atoms with Crippen LogP contribution in [0.4, 0.5) is 0 Å². The summed E-state index contributed by atoms with van der Waals surface area (Å²) in [5.41, 5.74) is 0. The summed E-state index contributed by atoms with van der Waals surface area (Å²) < 4.78 is 26.2. The molecule has 0 rings (SSSR count). The van der Waals surface area contributed by atoms with Gasteiger partial charge in [0.15, 0.2) is 6.10 Å². The summed E-state index contributed by atoms with van der Waals surface area (Å²) in [6, 6.07) is 0. The van der Waals surface area contributed by atoms with E-state index >= 15 is 0 Å². The summed E-state index contributed by atoms with van der Waals surface area (Å²) in [5, 5.41) is 10.1. The minimum absolute atomic E-state index is 0.0347. The normalized spacial score (nSPS) is 13.9. The van der Waals surface area contributed by atoms with Crippen LogP contribution in [0, 0.1) is 5.92 Å². The van der Waals surface area contributed by atoms with Crippen molar-refractivity contribution in [1.29, 1.82) is 0 Å². The number of phosphoric ester groups is 1. The molecule has 0 aromatic heterocycles. The van der Waals surface area contributed by atoms with Gasteiger partial charge in [-0.15, -0.1) is 0 Å². The number of aliphatic hydroxyl groups excluding tert-OH is 1. The third-order valence-electron chi connectivity index (χ3n) is 7.58. The van der Waals surface area contributed by atoms with Gasteiger partial charge >= 0.3 is 19.8 Å². The van der Waals surface area contributed by atoms with E-state index in [1.165, 1.54) is 44.9 Å². The lowest BCUT2D eigenvalue weighted by Gasteiger charge is -2.18. The molecule has 0 aliphatic carbocycles. The number of esters is 2. The first-order valence-corrected chi connectivity index (χ1v) is 20.1. The Bertz CT molecular complexity index is 1010. The molecule has 0 amide bonds. The van der Waals surface area contributed by atoms with Crippen molar-refractivity contribution in [3.05, 3.63) is 60.8 Å². The Kier molecular flexibility index (Phi) is 31.4. The molecule has 0 saturated heterocycles. The van der Waals surface area contributed by atoms with Gasteiger partial charge in [0.25, 0.3) is 0 Å². The summed E-state index contributed by atoms with van der Waals surface area (Å²) in [6.45, 7) is 5.68. The number of hydrogen-bond acceptors (Lipinski definition) is 7. The van der Waals surface area contributed by atoms with Crippen molar-refractivity contribution in [2.24, 2.45) is 5.92 Å². The largest absolute Gasteiger partial charge is 0.469 e. The van der Waals surface area contributed by atoms with Crippen molar-refractivity contribution in [2.75, 3.05) is 13.2 Å². The Morgan fingerprint density at radius 1 is 0.653 bits per heavy atom. The minimum Gasteiger partial charge on any atom is -0.462 e. The monoisotopic (exact) mass is 710 g/mol. The van der Waals surface area contributed by atoms with Gasteiger partial charge in [-0.2, -0.15) is 0 Å². The van der Waals surface area contributed by atoms with Gasteiger partial charge in [0, 0.05) is 12.8 Å². The maximum atomic E-state index is 12.3. The number of allylic oxidation sites excluding steroid dienone is 9. The second-order valence-corrected chi connectivity index (χ2v) is 14.1. The second-order valence-electron chi connectivity index (χ2n) is 12.9. The lowest BCUT2D eigenvalue weighted by Crippen LogP contribution is -2.29. The van der Waals surface area contributed by atoms with Crippen molar-refractivity contribution in [3.8, 4) is 0 Å². The summed E-state index contributed by atoms with van der Waals surface area (Å²) in [7, 11) is -4.80. The van der Waals surface area contributed by atoms with Crippen LogP contribution in [0.2, 0.25) is 0 Å². The molecule has 0 aliphatic rings. The number of phosphoric acid groups is 1. The molecule has 0 aromatic carbocycles. The summed E-state index contributed by atoms with van der Waals surface area (Å²) in [5.74, 6) is -0.310. The molecule has 0 aliphatic heterocycles. The molecule has 0 heterocycles. The molecule has 0 saturated carbocycles. The summed E-state index contributed by atoms with van der Waals surface area (Å²) in [6.07, 6.45) is 35.6. The fourth-order valence-electron chi connectivity index (χ4n) is 4.82. The van der Waals surface area contributed by atoms with Crippen LogP contribution in [0.1, 0.15) is 143 Å². The minimum atomic E-state index is -4.80. The van der Waals surface area contributed by atoms with E-state index in [0.29, 0.717) is 19.3 Å². The van der Waals surface area contributed by atoms with E-state index in [2.05, 4.69) is 61.8 Å². The number of rotatable bonds is 32. The third-order valence-corrected chi connectivity index (χ3v) is 8.07. The highest BCUT2D eigenvalue weighted by molar-refractivity contribution is 7.46. The number of aliphatic hydroxyl groups is 1. The third kappa shape index (κ3) is 36.8. The summed E-state index contributed by atoms with van der Waals surface area (Å²) >= 11 is 0. The molecule has 49 heavy (non-hydrogen) atoms. The molecule has 2 atom stereocenters. The van der Waals surface area contributed by atoms with E-state index in [1.54, 1.807) is 12.2 Å². The van der Waals surface area contributed by atoms with E-state index in [-0.39, 0.29) is 19.4 Å². The number of unbranched alkanes of at least 4 members (excludes halogenated alkanes) is 9. The van der Waals surface area contributed by atoms with Gasteiger partial charge in [-0.05, 0) is 50.9 Å². The molecule has 10 heteroatoms. The van der Waals surface area contributed by atoms with Crippen LogP contribution in [0.15, 0.2) is 60.8 Å². The molecule has 0 fully saturated rings. The fourth-order valence-corrected chi connectivity index (χ4v) is 5.18. The highest BCUT2D eigenvalue weighted by Gasteiger charge is 2.23. The van der Waals surface area contributed by atoms with Gasteiger partial charge in [0.05, 0.1) is 12.7 Å². The van der Waals surface area contributed by atoms with Crippen LogP contribution >= 0.6 is 7.82 Å². The van der Waals surface area contributed by atoms with E-state index in [9.17, 15) is 19.3 Å². The predicted molar refractivity (Wildman–Crippen MR) is 199 cm³/mol. The average Bonchev–Trinajstić information content (AvgIpc) is 3.04. The van der Waals surface area contributed by atoms with Crippen LogP contribution in [0.5, 0.6) is 0 Å². The van der Waals surface area contributed by atoms with Crippen LogP contribution < -0.4 is 0 Å². The van der Waals surface area contributed by atoms with Gasteiger partial charge in [-0.3, -0.25) is 14.1 Å². The van der Waals surface area contributed by atoms with Crippen molar-refractivity contribution in [2.45, 2.75) is 155 Å². The van der Waals surface area contributed by atoms with E-state index < -0.39 is 38.6 Å². The van der Waals surface area contributed by atoms with E-state index in [0.717, 1.165) is 50.9 Å². The first-order chi connectivity index (χ1) is 23.5. The van der Waals surface area contributed by atoms with Gasteiger partial charge in [0.1, 0.15) is 6.61 Å². The van der Waals surface area contributed by atoms with Gasteiger partial charge < -0.3 is 24.4 Å². The Balaban J connectivity index is 4.20. The van der Waals surface area contributed by atoms with Crippen LogP contribution in [-0.2, 0) is 28.2 Å². The van der Waals surface area contributed by atoms with Crippen molar-refractivity contribution in [3.63, 3.8) is 0 Å². The highest BCUT2D eigenvalue weighted by atomic mass is 31.2. The van der Waals surface area contributed by atoms with Crippen molar-refractivity contribution < 1.29 is 43.0 Å². The van der Waals surface area contributed by atoms with E-state index in [4.69, 9.17) is 19.3 Å². The lowest BCUT2D eigenvalue weighted by atomic mass is 10.0. The van der Waals surface area contributed by atoms with Crippen molar-refractivity contribution >= 4 is 19.8 Å². The molecule has 9 nitrogen and oxygen atoms in total. The molecule has 3 N–H and O–H groups in total. The number of carbonyl (C=O) groups excluding carboxylic acids is 2. The summed E-state index contributed by atoms with van der Waals surface area (Å²) in [4.78, 5) is 42.7. The van der Waals surface area contributed by atoms with Crippen LogP contribution in [0.3, 0.4) is 0 Å². The fraction of sp³-hybridized carbons (Fsp3) is 0.692. The van der Waals surface area contributed by atoms with Gasteiger partial charge in [-0.25, -0.2) is 4.57 Å². The topological polar surface area (TPSA) is 140 Å². The quantitative estimate of drug-likeness (QED) is 0.0205. The molecule has 1 unspecified atom stereocenters. The van der Waals surface area contributed by atoms with Crippen molar-refractivity contribution in [1.82, 2.24) is 0 Å². The maximum absolute atomic E-state index is 12.3. The number of ether oxygens (including phenoxy) is 2. The number of hydrogen-bond donors (Lipinski definition) is 3. The molecule has 0 spiro atoms. The highest BCUT2D eigenvalue weighted by Crippen LogP contribution is 2.36. The van der Waals surface area contributed by atoms with Crippen LogP contribution in [0.25, 0.3) is 0 Å². The second kappa shape index (κ2) is 32.9. The Hall–Kier alpha value is -2.29. The molecular weight excluding hydrogens is 643 g/mol. The predicted octanol–water partition coefficient (Wildman–Crippen LogP) is 9.78. The standard InChI is InChI=1S/C39H67O9P/c1-4-5-6-7-8-9-10-11-12-16-19-22-25-29-36(40)30-27-32-38(41)46-33-37(34-47-49(43,44)45)48-39(42)31-26-23-20-17-14-13-15-18-21-24-28-35(2)3/h5-6,8-9,11-12,19,22,25,29,35-37,40H,4,7,10,13-18,20-21,23-24,26-28,30-34H2,1-3H3,(H2,43,44,45)/b6-5-,9-8-,12-11-,22-19-,29-25+/t36?,37-/m1/s1. The average molecular weight is 711 g/mol. The maximum Gasteiger partial charge on any atom is 0.469 e. The Morgan fingerprint density at radius 3 is 1.76 bits per heavy atom. The number of carbonyl (C=O) groups is 2. The SMILES string of the molecule is CC/C=C\C/C=C\C/C=C\C/C=C\C=C\C(O)CCCC(=O)OC[C@H](COP(=O)(O)O)OC(=O)CCCCCCCCCCCCC(C)C. The first kappa shape index (κ1) is 46.7. The Labute approximate surface area is 297 Å². The Morgan fingerprint density at radius 2 is 1.18 bits per heavy atom. The molecule has 0 bridgehead atoms. The molecule has 282 valence electrons.